The topological polar surface area (TPSA) is 60.7 Å². The first kappa shape index (κ1) is 11.7. The van der Waals surface area contributed by atoms with Crippen molar-refractivity contribution in [3.05, 3.63) is 40.7 Å². The molecule has 0 aliphatic rings. The standard InChI is InChI=1S/C11H11ClN4O/c1-2-16-11(13-14-15-16)7-10(17)8-3-5-9(12)6-4-8/h3-6H,2,7H2,1H3. The zero-order valence-corrected chi connectivity index (χ0v) is 10.1. The molecule has 0 radical (unpaired) electrons. The van der Waals surface area contributed by atoms with Crippen molar-refractivity contribution in [2.75, 3.05) is 0 Å². The van der Waals surface area contributed by atoms with Gasteiger partial charge in [0.1, 0.15) is 0 Å². The summed E-state index contributed by atoms with van der Waals surface area (Å²) in [6, 6.07) is 6.78. The summed E-state index contributed by atoms with van der Waals surface area (Å²) in [6.45, 7) is 2.57. The highest BCUT2D eigenvalue weighted by Crippen LogP contribution is 2.11. The van der Waals surface area contributed by atoms with Crippen LogP contribution < -0.4 is 0 Å². The van der Waals surface area contributed by atoms with Gasteiger partial charge in [-0.15, -0.1) is 5.10 Å². The molecule has 1 aromatic heterocycles. The van der Waals surface area contributed by atoms with E-state index in [0.717, 1.165) is 0 Å². The molecule has 0 N–H and O–H groups in total. The van der Waals surface area contributed by atoms with Gasteiger partial charge in [-0.1, -0.05) is 11.6 Å². The Morgan fingerprint density at radius 1 is 1.35 bits per heavy atom. The smallest absolute Gasteiger partial charge is 0.170 e. The quantitative estimate of drug-likeness (QED) is 0.776. The molecule has 0 atom stereocenters. The molecule has 0 saturated heterocycles. The fourth-order valence-electron chi connectivity index (χ4n) is 1.48. The van der Waals surface area contributed by atoms with E-state index in [0.29, 0.717) is 23.0 Å². The van der Waals surface area contributed by atoms with E-state index in [2.05, 4.69) is 15.5 Å². The first-order valence-corrected chi connectivity index (χ1v) is 5.62. The van der Waals surface area contributed by atoms with E-state index in [4.69, 9.17) is 11.6 Å². The minimum atomic E-state index is -0.0221. The Labute approximate surface area is 103 Å². The molecule has 0 amide bonds. The van der Waals surface area contributed by atoms with Crippen molar-refractivity contribution in [1.82, 2.24) is 20.2 Å². The monoisotopic (exact) mass is 250 g/mol. The lowest BCUT2D eigenvalue weighted by Gasteiger charge is -2.01. The van der Waals surface area contributed by atoms with Gasteiger partial charge in [-0.25, -0.2) is 4.68 Å². The Morgan fingerprint density at radius 2 is 2.06 bits per heavy atom. The van der Waals surface area contributed by atoms with Crippen LogP contribution in [-0.2, 0) is 13.0 Å². The summed E-state index contributed by atoms with van der Waals surface area (Å²) in [5, 5.41) is 11.8. The Kier molecular flexibility index (Phi) is 3.49. The number of carbonyl (C=O) groups excluding carboxylic acids is 1. The van der Waals surface area contributed by atoms with Gasteiger partial charge in [-0.3, -0.25) is 4.79 Å². The zero-order valence-electron chi connectivity index (χ0n) is 9.30. The predicted octanol–water partition coefficient (Wildman–Crippen LogP) is 1.77. The van der Waals surface area contributed by atoms with Crippen LogP contribution in [0, 0.1) is 0 Å². The summed E-state index contributed by atoms with van der Waals surface area (Å²) >= 11 is 5.76. The number of halogens is 1. The summed E-state index contributed by atoms with van der Waals surface area (Å²) in [4.78, 5) is 11.9. The van der Waals surface area contributed by atoms with Crippen molar-refractivity contribution in [2.24, 2.45) is 0 Å². The first-order valence-electron chi connectivity index (χ1n) is 5.24. The van der Waals surface area contributed by atoms with Gasteiger partial charge in [0.05, 0.1) is 6.42 Å². The molecule has 0 aliphatic carbocycles. The lowest BCUT2D eigenvalue weighted by molar-refractivity contribution is 0.0989. The van der Waals surface area contributed by atoms with Gasteiger partial charge < -0.3 is 0 Å². The molecule has 0 fully saturated rings. The normalized spacial score (nSPS) is 10.5. The molecule has 5 nitrogen and oxygen atoms in total. The lowest BCUT2D eigenvalue weighted by atomic mass is 10.1. The molecular weight excluding hydrogens is 240 g/mol. The molecule has 88 valence electrons. The Morgan fingerprint density at radius 3 is 2.71 bits per heavy atom. The van der Waals surface area contributed by atoms with E-state index in [-0.39, 0.29) is 12.2 Å². The average molecular weight is 251 g/mol. The van der Waals surface area contributed by atoms with Crippen molar-refractivity contribution in [3.8, 4) is 0 Å². The second kappa shape index (κ2) is 5.05. The van der Waals surface area contributed by atoms with Crippen LogP contribution in [0.2, 0.25) is 5.02 Å². The third-order valence-electron chi connectivity index (χ3n) is 2.39. The van der Waals surface area contributed by atoms with Crippen molar-refractivity contribution in [2.45, 2.75) is 19.9 Å². The highest BCUT2D eigenvalue weighted by atomic mass is 35.5. The number of hydrogen-bond acceptors (Lipinski definition) is 4. The zero-order chi connectivity index (χ0) is 12.3. The van der Waals surface area contributed by atoms with Crippen LogP contribution in [0.25, 0.3) is 0 Å². The molecule has 6 heteroatoms. The summed E-state index contributed by atoms with van der Waals surface area (Å²) in [7, 11) is 0. The number of carbonyl (C=O) groups is 1. The van der Waals surface area contributed by atoms with Crippen molar-refractivity contribution in [1.29, 1.82) is 0 Å². The molecule has 2 rings (SSSR count). The van der Waals surface area contributed by atoms with Gasteiger partial charge in [-0.2, -0.15) is 0 Å². The lowest BCUT2D eigenvalue weighted by Crippen LogP contribution is -2.10. The Balaban J connectivity index is 2.14. The third kappa shape index (κ3) is 2.68. The second-order valence-corrected chi connectivity index (χ2v) is 3.95. The van der Waals surface area contributed by atoms with Crippen molar-refractivity contribution in [3.63, 3.8) is 0 Å². The van der Waals surface area contributed by atoms with E-state index in [1.807, 2.05) is 6.92 Å². The predicted molar refractivity (Wildman–Crippen MR) is 63.0 cm³/mol. The van der Waals surface area contributed by atoms with Crippen LogP contribution in [0.4, 0.5) is 0 Å². The molecular formula is C11H11ClN4O. The minimum absolute atomic E-state index is 0.0221. The second-order valence-electron chi connectivity index (χ2n) is 3.52. The van der Waals surface area contributed by atoms with Gasteiger partial charge in [0.15, 0.2) is 11.6 Å². The molecule has 0 aliphatic heterocycles. The van der Waals surface area contributed by atoms with Crippen LogP contribution in [-0.4, -0.2) is 26.0 Å². The number of aryl methyl sites for hydroxylation is 1. The fraction of sp³-hybridized carbons (Fsp3) is 0.273. The van der Waals surface area contributed by atoms with E-state index in [9.17, 15) is 4.79 Å². The van der Waals surface area contributed by atoms with Crippen LogP contribution in [0.15, 0.2) is 24.3 Å². The number of tetrazole rings is 1. The van der Waals surface area contributed by atoms with Gasteiger partial charge in [0.25, 0.3) is 0 Å². The van der Waals surface area contributed by atoms with Crippen LogP contribution in [0.5, 0.6) is 0 Å². The highest BCUT2D eigenvalue weighted by Gasteiger charge is 2.12. The van der Waals surface area contributed by atoms with E-state index >= 15 is 0 Å². The van der Waals surface area contributed by atoms with Gasteiger partial charge >= 0.3 is 0 Å². The number of benzene rings is 1. The largest absolute Gasteiger partial charge is 0.294 e. The molecule has 0 bridgehead atoms. The molecule has 0 spiro atoms. The average Bonchev–Trinajstić information content (AvgIpc) is 2.77. The molecule has 17 heavy (non-hydrogen) atoms. The number of hydrogen-bond donors (Lipinski definition) is 0. The van der Waals surface area contributed by atoms with E-state index in [1.165, 1.54) is 0 Å². The van der Waals surface area contributed by atoms with Crippen LogP contribution in [0.1, 0.15) is 23.1 Å². The summed E-state index contributed by atoms with van der Waals surface area (Å²) in [5.41, 5.74) is 0.611. The van der Waals surface area contributed by atoms with E-state index in [1.54, 1.807) is 28.9 Å². The molecule has 2 aromatic rings. The maximum atomic E-state index is 11.9. The molecule has 1 aromatic carbocycles. The van der Waals surface area contributed by atoms with Gasteiger partial charge in [-0.05, 0) is 41.6 Å². The Bertz CT molecular complexity index is 521. The SMILES string of the molecule is CCn1nnnc1CC(=O)c1ccc(Cl)cc1. The van der Waals surface area contributed by atoms with Crippen LogP contribution in [0.3, 0.4) is 0 Å². The maximum Gasteiger partial charge on any atom is 0.170 e. The summed E-state index contributed by atoms with van der Waals surface area (Å²) in [6.07, 6.45) is 0.197. The number of nitrogens with zero attached hydrogens (tertiary/aromatic N) is 4. The maximum absolute atomic E-state index is 11.9. The highest BCUT2D eigenvalue weighted by molar-refractivity contribution is 6.30. The number of aromatic nitrogens is 4. The third-order valence-corrected chi connectivity index (χ3v) is 2.64. The van der Waals surface area contributed by atoms with Crippen molar-refractivity contribution >= 4 is 17.4 Å². The Hall–Kier alpha value is -1.75. The van der Waals surface area contributed by atoms with Crippen LogP contribution >= 0.6 is 11.6 Å². The van der Waals surface area contributed by atoms with Gasteiger partial charge in [0, 0.05) is 17.1 Å². The molecule has 0 saturated carbocycles. The van der Waals surface area contributed by atoms with Gasteiger partial charge in [0.2, 0.25) is 0 Å². The first-order chi connectivity index (χ1) is 8.20. The van der Waals surface area contributed by atoms with Crippen molar-refractivity contribution < 1.29 is 4.79 Å². The number of ketones is 1. The summed E-state index contributed by atoms with van der Waals surface area (Å²) < 4.78 is 1.60. The number of Topliss-reactive ketones (excluding diaryl/α,β-unsaturated/α-hetero) is 1. The van der Waals surface area contributed by atoms with E-state index < -0.39 is 0 Å². The fourth-order valence-corrected chi connectivity index (χ4v) is 1.60. The number of rotatable bonds is 4. The molecule has 0 unspecified atom stereocenters. The molecule has 1 heterocycles. The summed E-state index contributed by atoms with van der Waals surface area (Å²) in [5.74, 6) is 0.554. The minimum Gasteiger partial charge on any atom is -0.294 e.